The molecule has 0 aromatic heterocycles. The van der Waals surface area contributed by atoms with Crippen LogP contribution in [0.3, 0.4) is 0 Å². The number of hydrogen-bond acceptors (Lipinski definition) is 2. The van der Waals surface area contributed by atoms with Crippen molar-refractivity contribution in [2.45, 2.75) is 38.0 Å². The van der Waals surface area contributed by atoms with Gasteiger partial charge in [0, 0.05) is 12.8 Å². The Labute approximate surface area is 104 Å². The zero-order valence-corrected chi connectivity index (χ0v) is 11.2. The zero-order chi connectivity index (χ0) is 12.7. The van der Waals surface area contributed by atoms with Crippen LogP contribution in [0.1, 0.15) is 32.3 Å². The molecule has 0 amide bonds. The fourth-order valence-electron chi connectivity index (χ4n) is 1.48. The molecule has 0 spiro atoms. The topological polar surface area (TPSA) is 34.1 Å². The molecule has 0 aliphatic carbocycles. The van der Waals surface area contributed by atoms with Crippen LogP contribution in [0, 0.1) is 11.8 Å². The van der Waals surface area contributed by atoms with E-state index in [9.17, 15) is 8.42 Å². The van der Waals surface area contributed by atoms with Crippen LogP contribution in [0.5, 0.6) is 0 Å². The Kier molecular flexibility index (Phi) is 5.24. The molecule has 1 aromatic rings. The minimum Gasteiger partial charge on any atom is -0.224 e. The first-order valence-electron chi connectivity index (χ1n) is 5.87. The Bertz CT molecular complexity index is 519. The number of hydrogen-bond donors (Lipinski definition) is 0. The smallest absolute Gasteiger partial charge is 0.178 e. The molecule has 1 aromatic carbocycles. The molecule has 1 rings (SSSR count). The lowest BCUT2D eigenvalue weighted by atomic mass is 10.1. The summed E-state index contributed by atoms with van der Waals surface area (Å²) in [7, 11) is -3.09. The van der Waals surface area contributed by atoms with E-state index < -0.39 is 9.84 Å². The van der Waals surface area contributed by atoms with Crippen LogP contribution in [-0.2, 0) is 16.3 Å². The van der Waals surface area contributed by atoms with E-state index in [0.29, 0.717) is 4.90 Å². The van der Waals surface area contributed by atoms with E-state index >= 15 is 0 Å². The molecule has 0 N–H and O–H groups in total. The molecular formula is C14H18O2S. The summed E-state index contributed by atoms with van der Waals surface area (Å²) in [5.74, 6) is 6.21. The van der Waals surface area contributed by atoms with Gasteiger partial charge in [-0.1, -0.05) is 26.0 Å². The molecule has 0 atom stereocenters. The van der Waals surface area contributed by atoms with Gasteiger partial charge >= 0.3 is 0 Å². The number of sulfone groups is 1. The van der Waals surface area contributed by atoms with Crippen LogP contribution in [0.4, 0.5) is 0 Å². The van der Waals surface area contributed by atoms with Crippen LogP contribution in [0.25, 0.3) is 0 Å². The fourth-order valence-corrected chi connectivity index (χ4v) is 2.43. The Morgan fingerprint density at radius 2 is 1.94 bits per heavy atom. The lowest BCUT2D eigenvalue weighted by Crippen LogP contribution is -2.03. The van der Waals surface area contributed by atoms with Gasteiger partial charge in [0.15, 0.2) is 9.84 Å². The van der Waals surface area contributed by atoms with E-state index in [1.165, 1.54) is 0 Å². The summed E-state index contributed by atoms with van der Waals surface area (Å²) in [6.45, 7) is 3.68. The molecule has 0 unspecified atom stereocenters. The SMILES string of the molecule is CCC#CCCc1cccc(S(=O)(=O)CC)c1. The van der Waals surface area contributed by atoms with Crippen LogP contribution >= 0.6 is 0 Å². The van der Waals surface area contributed by atoms with Crippen molar-refractivity contribution in [3.63, 3.8) is 0 Å². The summed E-state index contributed by atoms with van der Waals surface area (Å²) in [6, 6.07) is 7.15. The second-order valence-electron chi connectivity index (χ2n) is 3.76. The van der Waals surface area contributed by atoms with Crippen molar-refractivity contribution in [2.24, 2.45) is 0 Å². The Balaban J connectivity index is 2.80. The Hall–Kier alpha value is -1.27. The third-order valence-corrected chi connectivity index (χ3v) is 4.21. The molecule has 0 aliphatic rings. The molecule has 3 heteroatoms. The zero-order valence-electron chi connectivity index (χ0n) is 10.4. The van der Waals surface area contributed by atoms with Gasteiger partial charge in [-0.15, -0.1) is 11.8 Å². The van der Waals surface area contributed by atoms with Gasteiger partial charge in [-0.25, -0.2) is 8.42 Å². The van der Waals surface area contributed by atoms with E-state index in [1.54, 1.807) is 25.1 Å². The lowest BCUT2D eigenvalue weighted by molar-refractivity contribution is 0.597. The largest absolute Gasteiger partial charge is 0.224 e. The first-order valence-corrected chi connectivity index (χ1v) is 7.52. The molecule has 0 aliphatic heterocycles. The van der Waals surface area contributed by atoms with Crippen molar-refractivity contribution >= 4 is 9.84 Å². The van der Waals surface area contributed by atoms with Gasteiger partial charge in [-0.2, -0.15) is 0 Å². The molecule has 0 bridgehead atoms. The van der Waals surface area contributed by atoms with E-state index in [2.05, 4.69) is 11.8 Å². The fraction of sp³-hybridized carbons (Fsp3) is 0.429. The van der Waals surface area contributed by atoms with E-state index in [-0.39, 0.29) is 5.75 Å². The Morgan fingerprint density at radius 1 is 1.18 bits per heavy atom. The second-order valence-corrected chi connectivity index (χ2v) is 6.04. The molecule has 0 radical (unpaired) electrons. The quantitative estimate of drug-likeness (QED) is 0.770. The van der Waals surface area contributed by atoms with Gasteiger partial charge in [0.05, 0.1) is 10.6 Å². The van der Waals surface area contributed by atoms with Crippen LogP contribution < -0.4 is 0 Å². The van der Waals surface area contributed by atoms with E-state index in [1.807, 2.05) is 13.0 Å². The Morgan fingerprint density at radius 3 is 2.59 bits per heavy atom. The molecule has 92 valence electrons. The molecule has 0 fully saturated rings. The van der Waals surface area contributed by atoms with Gasteiger partial charge in [0.25, 0.3) is 0 Å². The van der Waals surface area contributed by atoms with Gasteiger partial charge in [0.1, 0.15) is 0 Å². The van der Waals surface area contributed by atoms with E-state index in [0.717, 1.165) is 24.8 Å². The molecule has 0 heterocycles. The summed E-state index contributed by atoms with van der Waals surface area (Å²) in [4.78, 5) is 0.418. The van der Waals surface area contributed by atoms with Crippen molar-refractivity contribution in [3.05, 3.63) is 29.8 Å². The molecule has 0 saturated heterocycles. The lowest BCUT2D eigenvalue weighted by Gasteiger charge is -2.03. The normalized spacial score (nSPS) is 10.7. The van der Waals surface area contributed by atoms with Gasteiger partial charge in [-0.05, 0) is 24.1 Å². The van der Waals surface area contributed by atoms with Gasteiger partial charge < -0.3 is 0 Å². The molecule has 17 heavy (non-hydrogen) atoms. The monoisotopic (exact) mass is 250 g/mol. The predicted octanol–water partition coefficient (Wildman–Crippen LogP) is 2.83. The van der Waals surface area contributed by atoms with Crippen molar-refractivity contribution in [2.75, 3.05) is 5.75 Å². The van der Waals surface area contributed by atoms with Crippen molar-refractivity contribution < 1.29 is 8.42 Å². The summed E-state index contributed by atoms with van der Waals surface area (Å²) in [6.07, 6.45) is 2.45. The predicted molar refractivity (Wildman–Crippen MR) is 70.6 cm³/mol. The third-order valence-electron chi connectivity index (χ3n) is 2.48. The maximum Gasteiger partial charge on any atom is 0.178 e. The van der Waals surface area contributed by atoms with Gasteiger partial charge in [-0.3, -0.25) is 0 Å². The maximum absolute atomic E-state index is 11.7. The minimum atomic E-state index is -3.09. The van der Waals surface area contributed by atoms with E-state index in [4.69, 9.17) is 0 Å². The van der Waals surface area contributed by atoms with Crippen molar-refractivity contribution in [1.82, 2.24) is 0 Å². The molecule has 0 saturated carbocycles. The number of rotatable bonds is 4. The molecule has 2 nitrogen and oxygen atoms in total. The van der Waals surface area contributed by atoms with Crippen LogP contribution in [0.15, 0.2) is 29.2 Å². The minimum absolute atomic E-state index is 0.145. The van der Waals surface area contributed by atoms with Crippen LogP contribution in [0.2, 0.25) is 0 Å². The number of aryl methyl sites for hydroxylation is 1. The second kappa shape index (κ2) is 6.46. The highest BCUT2D eigenvalue weighted by molar-refractivity contribution is 7.91. The first kappa shape index (κ1) is 13.8. The van der Waals surface area contributed by atoms with Crippen molar-refractivity contribution in [1.29, 1.82) is 0 Å². The maximum atomic E-state index is 11.7. The first-order chi connectivity index (χ1) is 8.10. The highest BCUT2D eigenvalue weighted by Crippen LogP contribution is 2.14. The highest BCUT2D eigenvalue weighted by Gasteiger charge is 2.11. The number of benzene rings is 1. The van der Waals surface area contributed by atoms with Crippen LogP contribution in [-0.4, -0.2) is 14.2 Å². The summed E-state index contributed by atoms with van der Waals surface area (Å²) >= 11 is 0. The van der Waals surface area contributed by atoms with Gasteiger partial charge in [0.2, 0.25) is 0 Å². The average Bonchev–Trinajstić information content (AvgIpc) is 2.35. The average molecular weight is 250 g/mol. The van der Waals surface area contributed by atoms with Crippen molar-refractivity contribution in [3.8, 4) is 11.8 Å². The third kappa shape index (κ3) is 4.24. The standard InChI is InChI=1S/C14H18O2S/c1-3-5-6-7-9-13-10-8-11-14(12-13)17(15,16)4-2/h8,10-12H,3-4,7,9H2,1-2H3. The summed E-state index contributed by atoms with van der Waals surface area (Å²) < 4.78 is 23.4. The summed E-state index contributed by atoms with van der Waals surface area (Å²) in [5, 5.41) is 0. The highest BCUT2D eigenvalue weighted by atomic mass is 32.2. The molecular weight excluding hydrogens is 232 g/mol. The summed E-state index contributed by atoms with van der Waals surface area (Å²) in [5.41, 5.74) is 1.03.